The largest absolute Gasteiger partial charge is 0.477 e. The molecule has 0 aliphatic carbocycles. The molecule has 2 aromatic rings. The second-order valence-electron chi connectivity index (χ2n) is 7.53. The Balaban J connectivity index is 1.53. The van der Waals surface area contributed by atoms with Gasteiger partial charge in [0, 0.05) is 42.8 Å². The predicted octanol–water partition coefficient (Wildman–Crippen LogP) is -0.898. The number of hydrogen-bond acceptors (Lipinski definition) is 12. The quantitative estimate of drug-likeness (QED) is 0.135. The molecule has 35 heavy (non-hydrogen) atoms. The summed E-state index contributed by atoms with van der Waals surface area (Å²) < 4.78 is 5.86. The summed E-state index contributed by atoms with van der Waals surface area (Å²) >= 11 is 3.73. The molecule has 0 aromatic carbocycles. The van der Waals surface area contributed by atoms with Gasteiger partial charge in [0.15, 0.2) is 17.4 Å². The van der Waals surface area contributed by atoms with Gasteiger partial charge in [0.2, 0.25) is 17.0 Å². The molecule has 13 nitrogen and oxygen atoms in total. The number of oxime groups is 1. The van der Waals surface area contributed by atoms with Gasteiger partial charge >= 0.3 is 5.97 Å². The first-order valence-corrected chi connectivity index (χ1v) is 13.0. The zero-order valence-corrected chi connectivity index (χ0v) is 21.1. The van der Waals surface area contributed by atoms with Crippen molar-refractivity contribution in [2.24, 2.45) is 5.16 Å². The summed E-state index contributed by atoms with van der Waals surface area (Å²) in [6, 6.07) is -0.951. The van der Waals surface area contributed by atoms with Crippen LogP contribution in [0.4, 0.5) is 5.13 Å². The number of anilines is 1. The number of thiazole rings is 1. The lowest BCUT2D eigenvalue weighted by Gasteiger charge is -2.49. The lowest BCUT2D eigenvalue weighted by molar-refractivity contribution is -0.690. The lowest BCUT2D eigenvalue weighted by atomic mass is 10.0. The number of carboxylic acid groups (broad SMARTS) is 1. The first-order chi connectivity index (χ1) is 16.8. The Labute approximate surface area is 211 Å². The number of nitrogens with one attached hydrogen (secondary N) is 1. The highest BCUT2D eigenvalue weighted by Gasteiger charge is 2.55. The van der Waals surface area contributed by atoms with Crippen molar-refractivity contribution in [3.63, 3.8) is 0 Å². The molecule has 0 saturated carbocycles. The number of β-lactam (4-membered cyclic amide) rings is 1. The third-order valence-corrected chi connectivity index (χ3v) is 8.47. The molecule has 4 heterocycles. The third kappa shape index (κ3) is 4.73. The Morgan fingerprint density at radius 3 is 2.86 bits per heavy atom. The van der Waals surface area contributed by atoms with Crippen LogP contribution in [0.5, 0.6) is 0 Å². The number of aliphatic hydroxyl groups is 1. The molecule has 1 fully saturated rings. The summed E-state index contributed by atoms with van der Waals surface area (Å²) in [7, 11) is 1.25. The zero-order valence-electron chi connectivity index (χ0n) is 18.6. The molecule has 186 valence electrons. The SMILES string of the molecule is CO/N=C(\C(=O)N[C@@H]1C(=O)N2C(C(=O)O)=C(C[n+]3csc(CCO)c3C)CS[C@H]12)c1nsc(N)n1. The minimum absolute atomic E-state index is 0.0278. The van der Waals surface area contributed by atoms with E-state index in [1.165, 1.54) is 35.1 Å². The van der Waals surface area contributed by atoms with Gasteiger partial charge in [-0.25, -0.2) is 4.79 Å². The van der Waals surface area contributed by atoms with E-state index in [2.05, 4.69) is 19.8 Å². The summed E-state index contributed by atoms with van der Waals surface area (Å²) in [5.74, 6) is -2.17. The number of nitrogens with two attached hydrogens (primary N) is 1. The molecule has 2 aliphatic rings. The molecule has 0 bridgehead atoms. The number of carboxylic acids is 1. The second kappa shape index (κ2) is 10.3. The Morgan fingerprint density at radius 1 is 1.46 bits per heavy atom. The van der Waals surface area contributed by atoms with E-state index in [0.29, 0.717) is 24.3 Å². The summed E-state index contributed by atoms with van der Waals surface area (Å²) in [6.45, 7) is 2.24. The van der Waals surface area contributed by atoms with Gasteiger partial charge < -0.3 is 26.1 Å². The smallest absolute Gasteiger partial charge is 0.352 e. The number of amides is 2. The standard InChI is InChI=1S/C19H21N7O6S3/c1-8-10(3-4-27)34-7-25(8)5-9-6-33-17-12(16(29)26(17)13(9)18(30)31)21-15(28)11(23-32-2)14-22-19(20)35-24-14/h7,12,17,27H,3-6H2,1-2H3,(H3-,20,21,22,24,28,30,31)/p+1/b23-11-/t12-,17-/m1/s1. The fraction of sp³-hybridized carbons (Fsp3) is 0.421. The van der Waals surface area contributed by atoms with E-state index in [1.807, 2.05) is 17.0 Å². The zero-order chi connectivity index (χ0) is 25.3. The van der Waals surface area contributed by atoms with Gasteiger partial charge in [-0.15, -0.1) is 11.8 Å². The topological polar surface area (TPSA) is 184 Å². The summed E-state index contributed by atoms with van der Waals surface area (Å²) in [4.78, 5) is 48.8. The van der Waals surface area contributed by atoms with E-state index in [0.717, 1.165) is 22.1 Å². The Morgan fingerprint density at radius 2 is 2.23 bits per heavy atom. The second-order valence-corrected chi connectivity index (χ2v) is 10.4. The first kappa shape index (κ1) is 25.0. The van der Waals surface area contributed by atoms with E-state index < -0.39 is 29.2 Å². The van der Waals surface area contributed by atoms with Crippen LogP contribution < -0.4 is 15.6 Å². The normalized spacial score (nSPS) is 19.9. The van der Waals surface area contributed by atoms with Crippen LogP contribution in [0, 0.1) is 6.92 Å². The van der Waals surface area contributed by atoms with Crippen LogP contribution >= 0.6 is 34.6 Å². The number of thioether (sulfide) groups is 1. The lowest BCUT2D eigenvalue weighted by Crippen LogP contribution is -2.71. The average molecular weight is 541 g/mol. The van der Waals surface area contributed by atoms with Crippen LogP contribution in [-0.4, -0.2) is 78.9 Å². The van der Waals surface area contributed by atoms with E-state index in [-0.39, 0.29) is 29.0 Å². The maximum absolute atomic E-state index is 13.0. The van der Waals surface area contributed by atoms with Crippen molar-refractivity contribution >= 4 is 63.3 Å². The summed E-state index contributed by atoms with van der Waals surface area (Å²) in [5.41, 5.74) is 8.66. The number of nitrogens with zero attached hydrogens (tertiary/aromatic N) is 5. The van der Waals surface area contributed by atoms with Crippen molar-refractivity contribution in [3.05, 3.63) is 33.2 Å². The minimum atomic E-state index is -1.21. The van der Waals surface area contributed by atoms with Gasteiger partial charge in [-0.05, 0) is 0 Å². The molecular formula is C19H22N7O6S3+. The van der Waals surface area contributed by atoms with Gasteiger partial charge in [-0.3, -0.25) is 14.5 Å². The number of aliphatic hydroxyl groups excluding tert-OH is 1. The van der Waals surface area contributed by atoms with Crippen molar-refractivity contribution in [2.75, 3.05) is 25.2 Å². The van der Waals surface area contributed by atoms with Crippen LogP contribution in [0.15, 0.2) is 21.9 Å². The number of carbonyl (C=O) groups is 3. The van der Waals surface area contributed by atoms with Gasteiger partial charge in [-0.1, -0.05) is 16.5 Å². The van der Waals surface area contributed by atoms with Crippen molar-refractivity contribution in [2.45, 2.75) is 31.3 Å². The molecule has 2 aliphatic heterocycles. The highest BCUT2D eigenvalue weighted by molar-refractivity contribution is 8.00. The van der Waals surface area contributed by atoms with Crippen molar-refractivity contribution < 1.29 is 34.0 Å². The van der Waals surface area contributed by atoms with Crippen LogP contribution in [0.1, 0.15) is 16.4 Å². The molecule has 0 radical (unpaired) electrons. The van der Waals surface area contributed by atoms with Crippen molar-refractivity contribution in [3.8, 4) is 0 Å². The molecule has 16 heteroatoms. The Hall–Kier alpha value is -3.08. The van der Waals surface area contributed by atoms with Gasteiger partial charge in [-0.2, -0.15) is 13.9 Å². The highest BCUT2D eigenvalue weighted by Crippen LogP contribution is 2.40. The van der Waals surface area contributed by atoms with E-state index in [4.69, 9.17) is 10.6 Å². The first-order valence-electron chi connectivity index (χ1n) is 10.3. The molecule has 0 spiro atoms. The maximum Gasteiger partial charge on any atom is 0.352 e. The number of fused-ring (bicyclic) bond motifs is 1. The van der Waals surface area contributed by atoms with Crippen LogP contribution in [0.3, 0.4) is 0 Å². The van der Waals surface area contributed by atoms with E-state index in [9.17, 15) is 24.6 Å². The molecule has 5 N–H and O–H groups in total. The number of rotatable bonds is 9. The maximum atomic E-state index is 13.0. The number of aromatic nitrogens is 3. The monoisotopic (exact) mass is 540 g/mol. The fourth-order valence-electron chi connectivity index (χ4n) is 3.78. The molecule has 0 unspecified atom stereocenters. The predicted molar refractivity (Wildman–Crippen MR) is 128 cm³/mol. The van der Waals surface area contributed by atoms with E-state index >= 15 is 0 Å². The molecule has 1 saturated heterocycles. The van der Waals surface area contributed by atoms with Crippen LogP contribution in [0.2, 0.25) is 0 Å². The van der Waals surface area contributed by atoms with E-state index in [1.54, 1.807) is 0 Å². The number of hydrogen-bond donors (Lipinski definition) is 4. The van der Waals surface area contributed by atoms with Crippen molar-refractivity contribution in [1.29, 1.82) is 0 Å². The Bertz CT molecular complexity index is 1240. The number of carbonyl (C=O) groups excluding carboxylic acids is 2. The third-order valence-electron chi connectivity index (χ3n) is 5.44. The summed E-state index contributed by atoms with van der Waals surface area (Å²) in [6.07, 6.45) is 0.522. The summed E-state index contributed by atoms with van der Waals surface area (Å²) in [5, 5.41) is 24.9. The molecule has 2 amide bonds. The minimum Gasteiger partial charge on any atom is -0.477 e. The number of aliphatic carboxylic acids is 1. The van der Waals surface area contributed by atoms with Crippen LogP contribution in [0.25, 0.3) is 0 Å². The van der Waals surface area contributed by atoms with Gasteiger partial charge in [0.1, 0.15) is 24.2 Å². The van der Waals surface area contributed by atoms with Crippen LogP contribution in [-0.2, 0) is 32.2 Å². The van der Waals surface area contributed by atoms with Gasteiger partial charge in [0.25, 0.3) is 11.8 Å². The molecule has 2 aromatic heterocycles. The number of nitrogen functional groups attached to an aromatic ring is 1. The average Bonchev–Trinajstić information content (AvgIpc) is 3.41. The fourth-order valence-corrected chi connectivity index (χ4v) is 6.53. The molecular weight excluding hydrogens is 518 g/mol. The molecule has 2 atom stereocenters. The van der Waals surface area contributed by atoms with Crippen molar-refractivity contribution in [1.82, 2.24) is 19.6 Å². The molecule has 4 rings (SSSR count). The highest BCUT2D eigenvalue weighted by atomic mass is 32.2. The van der Waals surface area contributed by atoms with Gasteiger partial charge in [0.05, 0.1) is 4.88 Å². The Kier molecular flexibility index (Phi) is 7.34.